The molecule has 0 aromatic heterocycles. The van der Waals surface area contributed by atoms with Crippen molar-refractivity contribution < 1.29 is 4.79 Å². The Morgan fingerprint density at radius 3 is 2.60 bits per heavy atom. The van der Waals surface area contributed by atoms with Gasteiger partial charge in [0, 0.05) is 24.4 Å². The highest BCUT2D eigenvalue weighted by atomic mass is 32.2. The lowest BCUT2D eigenvalue weighted by atomic mass is 10.2. The Labute approximate surface area is 94.4 Å². The summed E-state index contributed by atoms with van der Waals surface area (Å²) in [6.45, 7) is 0.528. The summed E-state index contributed by atoms with van der Waals surface area (Å²) in [5, 5.41) is 2.83. The van der Waals surface area contributed by atoms with E-state index in [1.165, 1.54) is 0 Å². The third-order valence-electron chi connectivity index (χ3n) is 2.01. The summed E-state index contributed by atoms with van der Waals surface area (Å²) in [6, 6.07) is 7.59. The predicted octanol–water partition coefficient (Wildman–Crippen LogP) is 1.84. The van der Waals surface area contributed by atoms with Crippen LogP contribution in [0.4, 0.5) is 5.69 Å². The van der Waals surface area contributed by atoms with Crippen molar-refractivity contribution in [3.05, 3.63) is 29.8 Å². The number of carbonyl (C=O) groups excluding carboxylic acids is 1. The van der Waals surface area contributed by atoms with Crippen molar-refractivity contribution in [3.63, 3.8) is 0 Å². The first-order chi connectivity index (χ1) is 7.26. The van der Waals surface area contributed by atoms with E-state index in [1.54, 1.807) is 11.8 Å². The van der Waals surface area contributed by atoms with Crippen LogP contribution in [0, 0.1) is 0 Å². The lowest BCUT2D eigenvalue weighted by Crippen LogP contribution is -2.12. The highest BCUT2D eigenvalue weighted by Gasteiger charge is 2.00. The van der Waals surface area contributed by atoms with E-state index in [-0.39, 0.29) is 5.91 Å². The quantitative estimate of drug-likeness (QED) is 0.802. The second-order valence-corrected chi connectivity index (χ2v) is 4.18. The first-order valence-corrected chi connectivity index (χ1v) is 6.23. The largest absolute Gasteiger partial charge is 0.326 e. The summed E-state index contributed by atoms with van der Waals surface area (Å²) >= 11 is 1.67. The van der Waals surface area contributed by atoms with Crippen LogP contribution in [0.15, 0.2) is 24.3 Å². The Bertz CT molecular complexity index is 311. The normalized spacial score (nSPS) is 10.0. The number of hydrogen-bond acceptors (Lipinski definition) is 3. The van der Waals surface area contributed by atoms with Crippen LogP contribution in [0.5, 0.6) is 0 Å². The Kier molecular flexibility index (Phi) is 5.21. The second-order valence-electron chi connectivity index (χ2n) is 3.19. The van der Waals surface area contributed by atoms with Crippen molar-refractivity contribution in [2.45, 2.75) is 13.0 Å². The van der Waals surface area contributed by atoms with Gasteiger partial charge in [-0.2, -0.15) is 11.8 Å². The number of nitrogens with one attached hydrogen (secondary N) is 1. The SMILES string of the molecule is CSCCC(=O)Nc1ccc(CN)cc1. The van der Waals surface area contributed by atoms with Gasteiger partial charge in [0.15, 0.2) is 0 Å². The van der Waals surface area contributed by atoms with Gasteiger partial charge >= 0.3 is 0 Å². The van der Waals surface area contributed by atoms with E-state index in [0.29, 0.717) is 13.0 Å². The zero-order valence-electron chi connectivity index (χ0n) is 8.82. The molecule has 1 aromatic rings. The van der Waals surface area contributed by atoms with Gasteiger partial charge in [-0.1, -0.05) is 12.1 Å². The molecule has 0 aliphatic carbocycles. The van der Waals surface area contributed by atoms with Gasteiger partial charge in [-0.25, -0.2) is 0 Å². The molecule has 3 N–H and O–H groups in total. The molecule has 1 rings (SSSR count). The number of carbonyl (C=O) groups is 1. The minimum absolute atomic E-state index is 0.0600. The maximum Gasteiger partial charge on any atom is 0.225 e. The number of thioether (sulfide) groups is 1. The average molecular weight is 224 g/mol. The van der Waals surface area contributed by atoms with Crippen LogP contribution in [0.3, 0.4) is 0 Å². The van der Waals surface area contributed by atoms with Crippen LogP contribution < -0.4 is 11.1 Å². The van der Waals surface area contributed by atoms with Gasteiger partial charge in [0.25, 0.3) is 0 Å². The lowest BCUT2D eigenvalue weighted by Gasteiger charge is -2.05. The molecule has 0 aliphatic rings. The van der Waals surface area contributed by atoms with Crippen molar-refractivity contribution in [3.8, 4) is 0 Å². The molecule has 0 heterocycles. The number of amides is 1. The predicted molar refractivity (Wildman–Crippen MR) is 66.0 cm³/mol. The molecule has 0 spiro atoms. The maximum absolute atomic E-state index is 11.4. The third kappa shape index (κ3) is 4.36. The molecule has 4 heteroatoms. The Morgan fingerprint density at radius 1 is 1.40 bits per heavy atom. The highest BCUT2D eigenvalue weighted by molar-refractivity contribution is 7.98. The molecular formula is C11H16N2OS. The van der Waals surface area contributed by atoms with Gasteiger partial charge in [-0.05, 0) is 24.0 Å². The first kappa shape index (κ1) is 12.1. The molecule has 0 unspecified atom stereocenters. The van der Waals surface area contributed by atoms with Crippen molar-refractivity contribution >= 4 is 23.4 Å². The molecular weight excluding hydrogens is 208 g/mol. The fourth-order valence-electron chi connectivity index (χ4n) is 1.14. The molecule has 0 saturated carbocycles. The van der Waals surface area contributed by atoms with Crippen LogP contribution in [0.25, 0.3) is 0 Å². The van der Waals surface area contributed by atoms with Crippen molar-refractivity contribution in [2.24, 2.45) is 5.73 Å². The summed E-state index contributed by atoms with van der Waals surface area (Å²) in [5.41, 5.74) is 7.38. The molecule has 0 radical (unpaired) electrons. The Hall–Kier alpha value is -1.00. The van der Waals surface area contributed by atoms with E-state index in [4.69, 9.17) is 5.73 Å². The van der Waals surface area contributed by atoms with Gasteiger partial charge in [-0.15, -0.1) is 0 Å². The molecule has 1 amide bonds. The van der Waals surface area contributed by atoms with Crippen LogP contribution in [-0.4, -0.2) is 17.9 Å². The summed E-state index contributed by atoms with van der Waals surface area (Å²) in [5.74, 6) is 0.914. The summed E-state index contributed by atoms with van der Waals surface area (Å²) in [6.07, 6.45) is 2.54. The van der Waals surface area contributed by atoms with E-state index in [1.807, 2.05) is 30.5 Å². The maximum atomic E-state index is 11.4. The lowest BCUT2D eigenvalue weighted by molar-refractivity contribution is -0.115. The van der Waals surface area contributed by atoms with Crippen LogP contribution >= 0.6 is 11.8 Å². The molecule has 0 aliphatic heterocycles. The van der Waals surface area contributed by atoms with E-state index in [0.717, 1.165) is 17.0 Å². The number of benzene rings is 1. The highest BCUT2D eigenvalue weighted by Crippen LogP contribution is 2.09. The van der Waals surface area contributed by atoms with Gasteiger partial charge in [0.05, 0.1) is 0 Å². The minimum atomic E-state index is 0.0600. The topological polar surface area (TPSA) is 55.1 Å². The van der Waals surface area contributed by atoms with Crippen molar-refractivity contribution in [1.82, 2.24) is 0 Å². The summed E-state index contributed by atoms with van der Waals surface area (Å²) < 4.78 is 0. The van der Waals surface area contributed by atoms with E-state index < -0.39 is 0 Å². The number of hydrogen-bond donors (Lipinski definition) is 2. The van der Waals surface area contributed by atoms with Gasteiger partial charge in [0.1, 0.15) is 0 Å². The first-order valence-electron chi connectivity index (χ1n) is 4.84. The zero-order valence-corrected chi connectivity index (χ0v) is 9.64. The molecule has 82 valence electrons. The van der Waals surface area contributed by atoms with E-state index in [2.05, 4.69) is 5.32 Å². The van der Waals surface area contributed by atoms with Crippen LogP contribution in [0.1, 0.15) is 12.0 Å². The fourth-order valence-corrected chi connectivity index (χ4v) is 1.53. The van der Waals surface area contributed by atoms with Gasteiger partial charge in [-0.3, -0.25) is 4.79 Å². The second kappa shape index (κ2) is 6.48. The average Bonchev–Trinajstić information content (AvgIpc) is 2.27. The standard InChI is InChI=1S/C11H16N2OS/c1-15-7-6-11(14)13-10-4-2-9(8-12)3-5-10/h2-5H,6-8,12H2,1H3,(H,13,14). The van der Waals surface area contributed by atoms with Gasteiger partial charge < -0.3 is 11.1 Å². The monoisotopic (exact) mass is 224 g/mol. The molecule has 1 aromatic carbocycles. The minimum Gasteiger partial charge on any atom is -0.326 e. The van der Waals surface area contributed by atoms with Crippen molar-refractivity contribution in [2.75, 3.05) is 17.3 Å². The zero-order chi connectivity index (χ0) is 11.1. The summed E-state index contributed by atoms with van der Waals surface area (Å²) in [4.78, 5) is 11.4. The van der Waals surface area contributed by atoms with E-state index in [9.17, 15) is 4.79 Å². The van der Waals surface area contributed by atoms with Crippen LogP contribution in [-0.2, 0) is 11.3 Å². The molecule has 0 atom stereocenters. The molecule has 0 saturated heterocycles. The molecule has 0 fully saturated rings. The van der Waals surface area contributed by atoms with E-state index >= 15 is 0 Å². The third-order valence-corrected chi connectivity index (χ3v) is 2.62. The Morgan fingerprint density at radius 2 is 2.07 bits per heavy atom. The number of nitrogens with two attached hydrogens (primary N) is 1. The number of anilines is 1. The summed E-state index contributed by atoms with van der Waals surface area (Å²) in [7, 11) is 0. The number of rotatable bonds is 5. The van der Waals surface area contributed by atoms with Crippen molar-refractivity contribution in [1.29, 1.82) is 0 Å². The molecule has 0 bridgehead atoms. The molecule has 15 heavy (non-hydrogen) atoms. The van der Waals surface area contributed by atoms with Crippen LogP contribution in [0.2, 0.25) is 0 Å². The Balaban J connectivity index is 2.46. The molecule has 3 nitrogen and oxygen atoms in total. The fraction of sp³-hybridized carbons (Fsp3) is 0.364. The van der Waals surface area contributed by atoms with Gasteiger partial charge in [0.2, 0.25) is 5.91 Å². The smallest absolute Gasteiger partial charge is 0.225 e.